The lowest BCUT2D eigenvalue weighted by Crippen LogP contribution is -2.42. The molecule has 0 aliphatic carbocycles. The number of aromatic nitrogens is 3. The Bertz CT molecular complexity index is 1490. The third kappa shape index (κ3) is 6.38. The molecule has 13 heteroatoms. The third-order valence-electron chi connectivity index (χ3n) is 6.89. The number of thiazole rings is 1. The molecule has 41 heavy (non-hydrogen) atoms. The molecule has 4 heterocycles. The van der Waals surface area contributed by atoms with E-state index in [4.69, 9.17) is 26.1 Å². The van der Waals surface area contributed by atoms with Crippen LogP contribution in [-0.4, -0.2) is 59.5 Å². The van der Waals surface area contributed by atoms with Gasteiger partial charge in [-0.25, -0.2) is 24.1 Å². The number of ether oxygens (including phenoxy) is 2. The second-order valence-corrected chi connectivity index (χ2v) is 10.7. The van der Waals surface area contributed by atoms with Gasteiger partial charge in [0.05, 0.1) is 31.4 Å². The molecule has 0 radical (unpaired) electrons. The van der Waals surface area contributed by atoms with Gasteiger partial charge < -0.3 is 19.7 Å². The number of methoxy groups -OCH3 is 1. The molecule has 2 aliphatic rings. The molecule has 0 amide bonds. The van der Waals surface area contributed by atoms with Crippen LogP contribution < -0.4 is 10.2 Å². The molecule has 10 nitrogen and oxygen atoms in total. The zero-order valence-corrected chi connectivity index (χ0v) is 24.0. The first-order chi connectivity index (χ1) is 19.9. The van der Waals surface area contributed by atoms with E-state index in [1.165, 1.54) is 30.6 Å². The minimum Gasteiger partial charge on any atom is -0.466 e. The van der Waals surface area contributed by atoms with E-state index in [-0.39, 0.29) is 23.3 Å². The molecule has 5 rings (SSSR count). The van der Waals surface area contributed by atoms with E-state index in [0.717, 1.165) is 0 Å². The number of benzene rings is 1. The van der Waals surface area contributed by atoms with Crippen molar-refractivity contribution in [2.75, 3.05) is 31.7 Å². The maximum absolute atomic E-state index is 13.9. The number of carbonyl (C=O) groups is 2. The number of halogens is 2. The Kier molecular flexibility index (Phi) is 8.89. The Morgan fingerprint density at radius 2 is 2.00 bits per heavy atom. The van der Waals surface area contributed by atoms with Crippen molar-refractivity contribution in [1.82, 2.24) is 20.3 Å². The normalized spacial score (nSPS) is 17.6. The zero-order valence-electron chi connectivity index (χ0n) is 22.5. The van der Waals surface area contributed by atoms with Crippen LogP contribution in [0.5, 0.6) is 0 Å². The van der Waals surface area contributed by atoms with Crippen molar-refractivity contribution in [1.29, 1.82) is 0 Å². The van der Waals surface area contributed by atoms with Gasteiger partial charge in [0.1, 0.15) is 11.9 Å². The number of hydrogen-bond acceptors (Lipinski definition) is 11. The number of nitrogens with zero attached hydrogens (tertiary/aromatic N) is 5. The van der Waals surface area contributed by atoms with Gasteiger partial charge in [0.15, 0.2) is 10.8 Å². The van der Waals surface area contributed by atoms with Crippen molar-refractivity contribution in [3.05, 3.63) is 80.4 Å². The standard InChI is InChI=1S/C28H28ClFN6O4S/c1-3-40-21(37)15-18-6-9-32-28(33-18)36-11-7-16(8-12-36)23-22(27(38)39-2)24(19-5-4-17(30)14-20(19)29)35-25(34-23)26-31-10-13-41-26/h4-6,9-10,13-14,16,24H,3,7-8,11-12,15H2,1-2H3,(H,34,35). The smallest absolute Gasteiger partial charge is 0.338 e. The summed E-state index contributed by atoms with van der Waals surface area (Å²) >= 11 is 7.87. The summed E-state index contributed by atoms with van der Waals surface area (Å²) in [6.07, 6.45) is 4.73. The number of esters is 2. The molecule has 0 spiro atoms. The minimum atomic E-state index is -0.813. The van der Waals surface area contributed by atoms with Crippen LogP contribution in [0.1, 0.15) is 42.1 Å². The topological polar surface area (TPSA) is 119 Å². The van der Waals surface area contributed by atoms with E-state index >= 15 is 0 Å². The lowest BCUT2D eigenvalue weighted by atomic mass is 9.85. The molecule has 2 aliphatic heterocycles. The Hall–Kier alpha value is -3.90. The summed E-state index contributed by atoms with van der Waals surface area (Å²) in [6.45, 7) is 3.29. The van der Waals surface area contributed by atoms with Crippen molar-refractivity contribution in [3.8, 4) is 0 Å². The number of allylic oxidation sites excluding steroid dienone is 1. The highest BCUT2D eigenvalue weighted by Crippen LogP contribution is 2.40. The van der Waals surface area contributed by atoms with Crippen LogP contribution in [0.2, 0.25) is 5.02 Å². The highest BCUT2D eigenvalue weighted by molar-refractivity contribution is 7.11. The Morgan fingerprint density at radius 3 is 2.68 bits per heavy atom. The van der Waals surface area contributed by atoms with E-state index in [1.54, 1.807) is 31.5 Å². The second kappa shape index (κ2) is 12.7. The summed E-state index contributed by atoms with van der Waals surface area (Å²) in [5, 5.41) is 6.03. The minimum absolute atomic E-state index is 0.0600. The van der Waals surface area contributed by atoms with Gasteiger partial charge in [-0.05, 0) is 38.0 Å². The van der Waals surface area contributed by atoms with Crippen LogP contribution in [0.25, 0.3) is 0 Å². The largest absolute Gasteiger partial charge is 0.466 e. The van der Waals surface area contributed by atoms with E-state index < -0.39 is 17.8 Å². The van der Waals surface area contributed by atoms with Crippen LogP contribution in [0.3, 0.4) is 0 Å². The van der Waals surface area contributed by atoms with Crippen molar-refractivity contribution in [2.24, 2.45) is 10.9 Å². The predicted molar refractivity (Wildman–Crippen MR) is 152 cm³/mol. The first-order valence-electron chi connectivity index (χ1n) is 13.1. The molecule has 0 bridgehead atoms. The Morgan fingerprint density at radius 1 is 1.20 bits per heavy atom. The summed E-state index contributed by atoms with van der Waals surface area (Å²) in [4.78, 5) is 45.4. The zero-order chi connectivity index (χ0) is 28.9. The monoisotopic (exact) mass is 598 g/mol. The maximum atomic E-state index is 13.9. The molecular formula is C28H28ClFN6O4S. The first-order valence-corrected chi connectivity index (χ1v) is 14.4. The number of rotatable bonds is 8. The molecule has 0 saturated carbocycles. The van der Waals surface area contributed by atoms with Crippen molar-refractivity contribution in [2.45, 2.75) is 32.2 Å². The van der Waals surface area contributed by atoms with Crippen LogP contribution in [0.15, 0.2) is 58.3 Å². The summed E-state index contributed by atoms with van der Waals surface area (Å²) < 4.78 is 24.2. The van der Waals surface area contributed by atoms with E-state index in [0.29, 0.717) is 71.9 Å². The third-order valence-corrected chi connectivity index (χ3v) is 8.00. The van der Waals surface area contributed by atoms with E-state index in [2.05, 4.69) is 25.2 Å². The van der Waals surface area contributed by atoms with Crippen molar-refractivity contribution in [3.63, 3.8) is 0 Å². The Balaban J connectivity index is 1.44. The molecule has 1 atom stereocenters. The SMILES string of the molecule is CCOC(=O)Cc1ccnc(N2CCC(C3=C(C(=O)OC)C(c4ccc(F)cc4Cl)N=C(c4nccs4)N3)CC2)n1. The molecule has 1 saturated heterocycles. The highest BCUT2D eigenvalue weighted by atomic mass is 35.5. The summed E-state index contributed by atoms with van der Waals surface area (Å²) in [5.74, 6) is -0.389. The quantitative estimate of drug-likeness (QED) is 0.379. The number of amidine groups is 1. The van der Waals surface area contributed by atoms with Crippen LogP contribution >= 0.6 is 22.9 Å². The lowest BCUT2D eigenvalue weighted by Gasteiger charge is -2.36. The predicted octanol–water partition coefficient (Wildman–Crippen LogP) is 4.27. The number of carbonyl (C=O) groups excluding carboxylic acids is 2. The van der Waals surface area contributed by atoms with E-state index in [9.17, 15) is 14.0 Å². The number of nitrogens with one attached hydrogen (secondary N) is 1. The van der Waals surface area contributed by atoms with Gasteiger partial charge in [-0.1, -0.05) is 17.7 Å². The molecule has 1 aromatic carbocycles. The molecule has 3 aromatic rings. The highest BCUT2D eigenvalue weighted by Gasteiger charge is 2.37. The second-order valence-electron chi connectivity index (χ2n) is 9.42. The molecule has 1 unspecified atom stereocenters. The van der Waals surface area contributed by atoms with E-state index in [1.807, 2.05) is 5.38 Å². The van der Waals surface area contributed by atoms with Crippen molar-refractivity contribution < 1.29 is 23.5 Å². The Labute approximate surface area is 245 Å². The van der Waals surface area contributed by atoms with Gasteiger partial charge in [-0.15, -0.1) is 11.3 Å². The summed E-state index contributed by atoms with van der Waals surface area (Å²) in [6, 6.07) is 4.94. The maximum Gasteiger partial charge on any atom is 0.338 e. The first kappa shape index (κ1) is 28.6. The van der Waals surface area contributed by atoms with Gasteiger partial charge >= 0.3 is 11.9 Å². The molecule has 1 fully saturated rings. The fraction of sp³-hybridized carbons (Fsp3) is 0.357. The fourth-order valence-electron chi connectivity index (χ4n) is 4.98. The number of piperidine rings is 1. The van der Waals surface area contributed by atoms with Gasteiger partial charge in [0.25, 0.3) is 0 Å². The molecule has 1 N–H and O–H groups in total. The van der Waals surface area contributed by atoms with Crippen molar-refractivity contribution >= 4 is 46.7 Å². The van der Waals surface area contributed by atoms with Crippen LogP contribution in [-0.2, 0) is 25.5 Å². The fourth-order valence-corrected chi connectivity index (χ4v) is 5.84. The van der Waals surface area contributed by atoms with Gasteiger partial charge in [-0.2, -0.15) is 0 Å². The van der Waals surface area contributed by atoms with Crippen LogP contribution in [0, 0.1) is 11.7 Å². The average Bonchev–Trinajstić information content (AvgIpc) is 3.52. The summed E-state index contributed by atoms with van der Waals surface area (Å²) in [5.41, 5.74) is 2.08. The number of anilines is 1. The molecule has 214 valence electrons. The van der Waals surface area contributed by atoms with Gasteiger partial charge in [0, 0.05) is 53.1 Å². The molecule has 2 aromatic heterocycles. The average molecular weight is 599 g/mol. The van der Waals surface area contributed by atoms with Gasteiger partial charge in [0.2, 0.25) is 5.95 Å². The number of hydrogen-bond donors (Lipinski definition) is 1. The molecular weight excluding hydrogens is 571 g/mol. The number of aliphatic imine (C=N–C) groups is 1. The lowest BCUT2D eigenvalue weighted by molar-refractivity contribution is -0.142. The van der Waals surface area contributed by atoms with Crippen LogP contribution in [0.4, 0.5) is 10.3 Å². The van der Waals surface area contributed by atoms with Gasteiger partial charge in [-0.3, -0.25) is 9.79 Å². The summed E-state index contributed by atoms with van der Waals surface area (Å²) in [7, 11) is 1.32.